The van der Waals surface area contributed by atoms with Crippen LogP contribution >= 0.6 is 35.2 Å². The number of halogens is 8. The van der Waals surface area contributed by atoms with E-state index in [2.05, 4.69) is 10.1 Å². The zero-order chi connectivity index (χ0) is 24.0. The Kier molecular flexibility index (Phi) is 6.54. The van der Waals surface area contributed by atoms with E-state index in [1.165, 1.54) is 25.3 Å². The summed E-state index contributed by atoms with van der Waals surface area (Å²) >= 11 is 11.9. The third kappa shape index (κ3) is 4.32. The van der Waals surface area contributed by atoms with Gasteiger partial charge in [0.25, 0.3) is 0 Å². The smallest absolute Gasteiger partial charge is 0.422 e. The first-order valence-corrected chi connectivity index (χ1v) is 9.78. The first kappa shape index (κ1) is 24.0. The van der Waals surface area contributed by atoms with Gasteiger partial charge in [-0.2, -0.15) is 13.2 Å². The number of nitrogens with one attached hydrogen (secondary N) is 2. The van der Waals surface area contributed by atoms with Crippen molar-refractivity contribution < 1.29 is 40.3 Å². The molecule has 0 spiro atoms. The van der Waals surface area contributed by atoms with Crippen LogP contribution in [0.15, 0.2) is 18.2 Å². The number of rotatable bonds is 3. The van der Waals surface area contributed by atoms with Crippen LogP contribution < -0.4 is 10.6 Å². The molecule has 0 radical (unpaired) electrons. The SMILES string of the molecule is COC(=O)c1sc2cc(NC(=S)Nc3c(F)c(F)c(C(F)(F)F)c(F)c3F)ccc2c1Cl. The molecule has 32 heavy (non-hydrogen) atoms. The molecule has 4 nitrogen and oxygen atoms in total. The molecule has 1 aromatic heterocycles. The number of fused-ring (bicyclic) bond motifs is 1. The van der Waals surface area contributed by atoms with Crippen LogP contribution in [-0.4, -0.2) is 18.2 Å². The molecule has 2 N–H and O–H groups in total. The number of hydrogen-bond donors (Lipinski definition) is 2. The third-order valence-electron chi connectivity index (χ3n) is 4.04. The Morgan fingerprint density at radius 3 is 2.19 bits per heavy atom. The Bertz CT molecular complexity index is 1230. The van der Waals surface area contributed by atoms with Gasteiger partial charge in [-0.25, -0.2) is 22.4 Å². The van der Waals surface area contributed by atoms with E-state index in [0.717, 1.165) is 11.3 Å². The number of anilines is 2. The Balaban J connectivity index is 1.89. The second-order valence-corrected chi connectivity index (χ2v) is 7.87. The van der Waals surface area contributed by atoms with E-state index in [1.807, 2.05) is 0 Å². The second-order valence-electron chi connectivity index (χ2n) is 6.03. The molecule has 0 amide bonds. The summed E-state index contributed by atoms with van der Waals surface area (Å²) in [5, 5.41) is 4.31. The molecule has 0 aliphatic carbocycles. The maximum atomic E-state index is 14.0. The Morgan fingerprint density at radius 2 is 1.66 bits per heavy atom. The van der Waals surface area contributed by atoms with Gasteiger partial charge in [0.05, 0.1) is 12.1 Å². The predicted octanol–water partition coefficient (Wildman–Crippen LogP) is 6.73. The van der Waals surface area contributed by atoms with Gasteiger partial charge in [0, 0.05) is 15.8 Å². The van der Waals surface area contributed by atoms with Crippen LogP contribution in [0.25, 0.3) is 10.1 Å². The van der Waals surface area contributed by atoms with Gasteiger partial charge in [-0.3, -0.25) is 0 Å². The summed E-state index contributed by atoms with van der Waals surface area (Å²) < 4.78 is 98.6. The van der Waals surface area contributed by atoms with Crippen molar-refractivity contribution in [1.29, 1.82) is 0 Å². The molecule has 1 heterocycles. The van der Waals surface area contributed by atoms with Crippen molar-refractivity contribution in [2.75, 3.05) is 17.7 Å². The molecular formula is C18H8ClF7N2O2S2. The lowest BCUT2D eigenvalue weighted by Gasteiger charge is -2.16. The van der Waals surface area contributed by atoms with Gasteiger partial charge in [0.1, 0.15) is 16.1 Å². The topological polar surface area (TPSA) is 50.4 Å². The summed E-state index contributed by atoms with van der Waals surface area (Å²) in [5.74, 6) is -10.5. The molecule has 0 aliphatic rings. The highest BCUT2D eigenvalue weighted by atomic mass is 35.5. The van der Waals surface area contributed by atoms with Gasteiger partial charge in [-0.1, -0.05) is 11.6 Å². The van der Waals surface area contributed by atoms with E-state index in [4.69, 9.17) is 23.8 Å². The number of benzene rings is 2. The number of thiocarbonyl (C=S) groups is 1. The van der Waals surface area contributed by atoms with Gasteiger partial charge in [0.15, 0.2) is 28.4 Å². The van der Waals surface area contributed by atoms with E-state index in [-0.39, 0.29) is 15.6 Å². The average Bonchev–Trinajstić information content (AvgIpc) is 3.04. The van der Waals surface area contributed by atoms with E-state index >= 15 is 0 Å². The largest absolute Gasteiger partial charge is 0.465 e. The summed E-state index contributed by atoms with van der Waals surface area (Å²) in [7, 11) is 1.17. The summed E-state index contributed by atoms with van der Waals surface area (Å²) in [4.78, 5) is 11.9. The minimum absolute atomic E-state index is 0.127. The Hall–Kier alpha value is -2.64. The molecule has 3 rings (SSSR count). The van der Waals surface area contributed by atoms with Crippen LogP contribution in [0.3, 0.4) is 0 Å². The van der Waals surface area contributed by atoms with Crippen molar-refractivity contribution in [2.24, 2.45) is 0 Å². The highest BCUT2D eigenvalue weighted by Gasteiger charge is 2.42. The zero-order valence-corrected chi connectivity index (χ0v) is 17.8. The van der Waals surface area contributed by atoms with Gasteiger partial charge in [-0.05, 0) is 30.4 Å². The maximum Gasteiger partial charge on any atom is 0.422 e. The average molecular weight is 517 g/mol. The number of methoxy groups -OCH3 is 1. The van der Waals surface area contributed by atoms with Crippen LogP contribution in [-0.2, 0) is 10.9 Å². The van der Waals surface area contributed by atoms with Crippen molar-refractivity contribution in [1.82, 2.24) is 0 Å². The summed E-state index contributed by atoms with van der Waals surface area (Å²) in [6, 6.07) is 4.35. The number of esters is 1. The second kappa shape index (κ2) is 8.71. The minimum Gasteiger partial charge on any atom is -0.465 e. The maximum absolute atomic E-state index is 14.0. The molecule has 14 heteroatoms. The fourth-order valence-electron chi connectivity index (χ4n) is 2.63. The fraction of sp³-hybridized carbons (Fsp3) is 0.111. The normalized spacial score (nSPS) is 11.5. The lowest BCUT2D eigenvalue weighted by molar-refractivity contribution is -0.143. The quantitative estimate of drug-likeness (QED) is 0.175. The summed E-state index contributed by atoms with van der Waals surface area (Å²) in [5.41, 5.74) is -4.03. The zero-order valence-electron chi connectivity index (χ0n) is 15.4. The van der Waals surface area contributed by atoms with Gasteiger partial charge in [-0.15, -0.1) is 11.3 Å². The van der Waals surface area contributed by atoms with E-state index in [9.17, 15) is 35.5 Å². The van der Waals surface area contributed by atoms with Crippen molar-refractivity contribution in [3.05, 3.63) is 56.9 Å². The number of hydrogen-bond acceptors (Lipinski definition) is 4. The van der Waals surface area contributed by atoms with Gasteiger partial charge in [0.2, 0.25) is 0 Å². The van der Waals surface area contributed by atoms with E-state index < -0.39 is 51.8 Å². The lowest BCUT2D eigenvalue weighted by Crippen LogP contribution is -2.23. The number of alkyl halides is 3. The highest BCUT2D eigenvalue weighted by molar-refractivity contribution is 7.80. The molecule has 0 aliphatic heterocycles. The van der Waals surface area contributed by atoms with Crippen molar-refractivity contribution >= 4 is 67.7 Å². The standard InChI is InChI=1S/C18H8ClF7N2O2S2/c1-30-16(29)15-9(19)6-3-2-5(4-7(6)32-15)27-17(31)28-14-12(22)10(20)8(18(24,25)26)11(21)13(14)23/h2-4H,1H3,(H2,27,28,31). The van der Waals surface area contributed by atoms with Gasteiger partial charge >= 0.3 is 12.1 Å². The van der Waals surface area contributed by atoms with Crippen molar-refractivity contribution in [3.8, 4) is 0 Å². The monoisotopic (exact) mass is 516 g/mol. The van der Waals surface area contributed by atoms with E-state index in [1.54, 1.807) is 5.32 Å². The van der Waals surface area contributed by atoms with Gasteiger partial charge < -0.3 is 15.4 Å². The van der Waals surface area contributed by atoms with Crippen LogP contribution in [0.4, 0.5) is 42.1 Å². The number of thiophene rings is 1. The predicted molar refractivity (Wildman–Crippen MR) is 109 cm³/mol. The molecule has 0 saturated carbocycles. The summed E-state index contributed by atoms with van der Waals surface area (Å²) in [6.07, 6.45) is -5.66. The Labute approximate surface area is 188 Å². The molecule has 0 atom stereocenters. The molecule has 0 saturated heterocycles. The number of carbonyl (C=O) groups is 1. The molecular weight excluding hydrogens is 509 g/mol. The minimum atomic E-state index is -5.66. The summed E-state index contributed by atoms with van der Waals surface area (Å²) in [6.45, 7) is 0. The van der Waals surface area contributed by atoms with Crippen molar-refractivity contribution in [3.63, 3.8) is 0 Å². The lowest BCUT2D eigenvalue weighted by atomic mass is 10.1. The van der Waals surface area contributed by atoms with E-state index in [0.29, 0.717) is 10.1 Å². The van der Waals surface area contributed by atoms with Crippen LogP contribution in [0.2, 0.25) is 5.02 Å². The number of ether oxygens (including phenoxy) is 1. The molecule has 3 aromatic rings. The number of carbonyl (C=O) groups excluding carboxylic acids is 1. The molecule has 0 bridgehead atoms. The first-order chi connectivity index (χ1) is 14.9. The third-order valence-corrected chi connectivity index (χ3v) is 5.88. The van der Waals surface area contributed by atoms with Crippen LogP contribution in [0.1, 0.15) is 15.2 Å². The van der Waals surface area contributed by atoms with Crippen LogP contribution in [0.5, 0.6) is 0 Å². The molecule has 170 valence electrons. The highest BCUT2D eigenvalue weighted by Crippen LogP contribution is 2.39. The first-order valence-electron chi connectivity index (χ1n) is 8.18. The fourth-order valence-corrected chi connectivity index (χ4v) is 4.32. The van der Waals surface area contributed by atoms with Crippen molar-refractivity contribution in [2.45, 2.75) is 6.18 Å². The molecule has 0 fully saturated rings. The molecule has 0 unspecified atom stereocenters. The van der Waals surface area contributed by atoms with Crippen LogP contribution in [0, 0.1) is 23.3 Å². The Morgan fingerprint density at radius 1 is 1.06 bits per heavy atom. The molecule has 2 aromatic carbocycles.